The van der Waals surface area contributed by atoms with Crippen molar-refractivity contribution in [1.29, 1.82) is 0 Å². The van der Waals surface area contributed by atoms with Crippen LogP contribution in [0, 0.1) is 12.3 Å². The average molecular weight is 372 g/mol. The highest BCUT2D eigenvalue weighted by atomic mass is 32.1. The zero-order valence-electron chi connectivity index (χ0n) is 15.2. The third kappa shape index (κ3) is 3.98. The molecule has 4 rings (SSSR count). The second kappa shape index (κ2) is 7.47. The van der Waals surface area contributed by atoms with E-state index in [4.69, 9.17) is 4.74 Å². The van der Waals surface area contributed by atoms with Crippen LogP contribution in [0.15, 0.2) is 29.6 Å². The first-order valence-electron chi connectivity index (χ1n) is 9.21. The van der Waals surface area contributed by atoms with Crippen LogP contribution in [0.5, 0.6) is 0 Å². The molecule has 6 heteroatoms. The number of hydrogen-bond donors (Lipinski definition) is 1. The first-order chi connectivity index (χ1) is 12.6. The maximum absolute atomic E-state index is 12.3. The number of hydrogen-bond acceptors (Lipinski definition) is 5. The Bertz CT molecular complexity index is 783. The molecule has 1 aromatic heterocycles. The summed E-state index contributed by atoms with van der Waals surface area (Å²) in [6.45, 7) is 6.90. The number of nitrogens with zero attached hydrogens (tertiary/aromatic N) is 2. The van der Waals surface area contributed by atoms with Gasteiger partial charge in [-0.05, 0) is 37.9 Å². The van der Waals surface area contributed by atoms with Gasteiger partial charge in [0.15, 0.2) is 0 Å². The number of ether oxygens (including phenoxy) is 1. The minimum Gasteiger partial charge on any atom is -0.381 e. The van der Waals surface area contributed by atoms with E-state index in [1.807, 2.05) is 31.2 Å². The lowest BCUT2D eigenvalue weighted by atomic mass is 9.87. The van der Waals surface area contributed by atoms with Crippen molar-refractivity contribution in [3.05, 3.63) is 45.9 Å². The molecule has 2 fully saturated rings. The Morgan fingerprint density at radius 3 is 3.08 bits per heavy atom. The van der Waals surface area contributed by atoms with E-state index in [2.05, 4.69) is 20.6 Å². The average Bonchev–Trinajstić information content (AvgIpc) is 3.34. The highest BCUT2D eigenvalue weighted by molar-refractivity contribution is 7.09. The van der Waals surface area contributed by atoms with Gasteiger partial charge in [0.2, 0.25) is 5.91 Å². The van der Waals surface area contributed by atoms with Crippen LogP contribution >= 0.6 is 11.3 Å². The number of aromatic nitrogens is 1. The van der Waals surface area contributed by atoms with Gasteiger partial charge in [0, 0.05) is 36.2 Å². The van der Waals surface area contributed by atoms with Crippen LogP contribution in [0.4, 0.5) is 5.69 Å². The van der Waals surface area contributed by atoms with Crippen LogP contribution in [0.25, 0.3) is 0 Å². The van der Waals surface area contributed by atoms with E-state index in [9.17, 15) is 4.79 Å². The first kappa shape index (κ1) is 17.6. The fourth-order valence-corrected chi connectivity index (χ4v) is 4.69. The zero-order valence-corrected chi connectivity index (χ0v) is 16.0. The monoisotopic (exact) mass is 371 g/mol. The van der Waals surface area contributed by atoms with Crippen LogP contribution in [-0.2, 0) is 22.5 Å². The van der Waals surface area contributed by atoms with Gasteiger partial charge in [-0.1, -0.05) is 18.2 Å². The highest BCUT2D eigenvalue weighted by Crippen LogP contribution is 2.38. The van der Waals surface area contributed by atoms with E-state index in [0.717, 1.165) is 54.8 Å². The quantitative estimate of drug-likeness (QED) is 0.877. The fraction of sp³-hybridized carbons (Fsp3) is 0.500. The Kier molecular flexibility index (Phi) is 5.07. The van der Waals surface area contributed by atoms with Crippen molar-refractivity contribution >= 4 is 22.9 Å². The van der Waals surface area contributed by atoms with Crippen LogP contribution in [0.3, 0.4) is 0 Å². The Labute approximate surface area is 158 Å². The summed E-state index contributed by atoms with van der Waals surface area (Å²) in [6, 6.07) is 7.83. The van der Waals surface area contributed by atoms with Gasteiger partial charge in [-0.2, -0.15) is 0 Å². The normalized spacial score (nSPS) is 23.0. The number of carbonyl (C=O) groups is 1. The Hall–Kier alpha value is -1.76. The summed E-state index contributed by atoms with van der Waals surface area (Å²) in [6.07, 6.45) is 2.74. The van der Waals surface area contributed by atoms with Gasteiger partial charge in [0.05, 0.1) is 18.7 Å². The molecule has 2 aliphatic heterocycles. The number of amides is 1. The van der Waals surface area contributed by atoms with Crippen LogP contribution in [0.2, 0.25) is 0 Å². The second-order valence-corrected chi connectivity index (χ2v) is 8.48. The molecule has 0 radical (unpaired) electrons. The minimum absolute atomic E-state index is 0.0107. The molecule has 1 unspecified atom stereocenters. The summed E-state index contributed by atoms with van der Waals surface area (Å²) in [4.78, 5) is 19.4. The van der Waals surface area contributed by atoms with E-state index in [-0.39, 0.29) is 5.91 Å². The smallest absolute Gasteiger partial charge is 0.231 e. The van der Waals surface area contributed by atoms with Crippen molar-refractivity contribution in [2.75, 3.05) is 31.6 Å². The lowest BCUT2D eigenvalue weighted by Crippen LogP contribution is -2.27. The number of aryl methyl sites for hydroxylation is 1. The third-order valence-corrected chi connectivity index (χ3v) is 6.32. The fourth-order valence-electron chi connectivity index (χ4n) is 3.91. The molecular formula is C20H25N3O2S. The SMILES string of the molecule is Cc1ccccc1NC(=O)Cc1nc(CN2CCC3(CCOC3)C2)cs1. The number of likely N-dealkylation sites (tertiary alicyclic amines) is 1. The van der Waals surface area contributed by atoms with Gasteiger partial charge < -0.3 is 10.1 Å². The van der Waals surface area contributed by atoms with Crippen LogP contribution < -0.4 is 5.32 Å². The van der Waals surface area contributed by atoms with Crippen molar-refractivity contribution in [1.82, 2.24) is 9.88 Å². The Morgan fingerprint density at radius 1 is 1.38 bits per heavy atom. The number of anilines is 1. The number of benzene rings is 1. The lowest BCUT2D eigenvalue weighted by molar-refractivity contribution is -0.115. The summed E-state index contributed by atoms with van der Waals surface area (Å²) in [5.41, 5.74) is 3.39. The second-order valence-electron chi connectivity index (χ2n) is 7.54. The summed E-state index contributed by atoms with van der Waals surface area (Å²) < 4.78 is 5.60. The largest absolute Gasteiger partial charge is 0.381 e. The molecule has 1 aromatic carbocycles. The molecule has 1 amide bonds. The van der Waals surface area contributed by atoms with E-state index in [1.54, 1.807) is 11.3 Å². The highest BCUT2D eigenvalue weighted by Gasteiger charge is 2.41. The zero-order chi connectivity index (χ0) is 18.0. The molecule has 2 aliphatic rings. The van der Waals surface area contributed by atoms with Crippen molar-refractivity contribution in [3.8, 4) is 0 Å². The standard InChI is InChI=1S/C20H25N3O2S/c1-15-4-2-3-5-17(15)22-18(24)10-19-21-16(12-26-19)11-23-8-6-20(13-23)7-9-25-14-20/h2-5,12H,6-11,13-14H2,1H3,(H,22,24). The molecular weight excluding hydrogens is 346 g/mol. The van der Waals surface area contributed by atoms with E-state index >= 15 is 0 Å². The predicted molar refractivity (Wildman–Crippen MR) is 103 cm³/mol. The van der Waals surface area contributed by atoms with Crippen molar-refractivity contribution in [2.24, 2.45) is 5.41 Å². The van der Waals surface area contributed by atoms with Gasteiger partial charge in [0.1, 0.15) is 5.01 Å². The summed E-state index contributed by atoms with van der Waals surface area (Å²) in [5, 5.41) is 5.95. The Morgan fingerprint density at radius 2 is 2.27 bits per heavy atom. The van der Waals surface area contributed by atoms with E-state index in [0.29, 0.717) is 11.8 Å². The van der Waals surface area contributed by atoms with Crippen LogP contribution in [0.1, 0.15) is 29.1 Å². The van der Waals surface area contributed by atoms with Crippen LogP contribution in [-0.4, -0.2) is 42.1 Å². The van der Waals surface area contributed by atoms with Crippen molar-refractivity contribution in [2.45, 2.75) is 32.7 Å². The minimum atomic E-state index is -0.0107. The van der Waals surface area contributed by atoms with Gasteiger partial charge >= 0.3 is 0 Å². The maximum atomic E-state index is 12.3. The molecule has 0 aliphatic carbocycles. The summed E-state index contributed by atoms with van der Waals surface area (Å²) in [7, 11) is 0. The van der Waals surface area contributed by atoms with Gasteiger partial charge in [0.25, 0.3) is 0 Å². The molecule has 2 aromatic rings. The van der Waals surface area contributed by atoms with Gasteiger partial charge in [-0.15, -0.1) is 11.3 Å². The molecule has 26 heavy (non-hydrogen) atoms. The van der Waals surface area contributed by atoms with E-state index < -0.39 is 0 Å². The topological polar surface area (TPSA) is 54.5 Å². The van der Waals surface area contributed by atoms with E-state index in [1.165, 1.54) is 12.8 Å². The van der Waals surface area contributed by atoms with Crippen molar-refractivity contribution < 1.29 is 9.53 Å². The van der Waals surface area contributed by atoms with Crippen molar-refractivity contribution in [3.63, 3.8) is 0 Å². The first-order valence-corrected chi connectivity index (χ1v) is 10.1. The van der Waals surface area contributed by atoms with Gasteiger partial charge in [-0.25, -0.2) is 4.98 Å². The lowest BCUT2D eigenvalue weighted by Gasteiger charge is -2.21. The Balaban J connectivity index is 1.30. The molecule has 3 heterocycles. The molecule has 0 saturated carbocycles. The number of rotatable bonds is 5. The molecule has 1 atom stereocenters. The van der Waals surface area contributed by atoms with Gasteiger partial charge in [-0.3, -0.25) is 9.69 Å². The number of carbonyl (C=O) groups excluding carboxylic acids is 1. The third-order valence-electron chi connectivity index (χ3n) is 5.42. The maximum Gasteiger partial charge on any atom is 0.231 e. The molecule has 1 N–H and O–H groups in total. The number of para-hydroxylation sites is 1. The molecule has 138 valence electrons. The molecule has 5 nitrogen and oxygen atoms in total. The molecule has 1 spiro atoms. The molecule has 0 bridgehead atoms. The predicted octanol–water partition coefficient (Wildman–Crippen LogP) is 3.25. The molecule has 2 saturated heterocycles. The summed E-state index contributed by atoms with van der Waals surface area (Å²) in [5.74, 6) is -0.0107. The summed E-state index contributed by atoms with van der Waals surface area (Å²) >= 11 is 1.58. The number of thiazole rings is 1. The number of nitrogens with one attached hydrogen (secondary N) is 1.